The fraction of sp³-hybridized carbons (Fsp3) is 0.222. The van der Waals surface area contributed by atoms with Crippen molar-refractivity contribution in [2.75, 3.05) is 0 Å². The molecule has 0 N–H and O–H groups in total. The molecule has 0 fully saturated rings. The van der Waals surface area contributed by atoms with Crippen molar-refractivity contribution < 1.29 is 4.79 Å². The van der Waals surface area contributed by atoms with Crippen molar-refractivity contribution >= 4 is 5.78 Å². The van der Waals surface area contributed by atoms with Gasteiger partial charge in [-0.05, 0) is 19.1 Å². The summed E-state index contributed by atoms with van der Waals surface area (Å²) in [6.07, 6.45) is 0.470. The summed E-state index contributed by atoms with van der Waals surface area (Å²) in [5, 5.41) is 0. The molecule has 1 aromatic carbocycles. The van der Waals surface area contributed by atoms with Gasteiger partial charge < -0.3 is 0 Å². The van der Waals surface area contributed by atoms with E-state index in [-0.39, 0.29) is 5.78 Å². The third kappa shape index (κ3) is 1.91. The van der Waals surface area contributed by atoms with Crippen molar-refractivity contribution in [1.82, 2.24) is 0 Å². The molecular formula is C9H8O. The molecule has 0 aliphatic carbocycles. The highest BCUT2D eigenvalue weighted by Crippen LogP contribution is 1.94. The number of ketones is 1. The summed E-state index contributed by atoms with van der Waals surface area (Å²) in [5.74, 6) is 0.163. The van der Waals surface area contributed by atoms with Gasteiger partial charge in [0.1, 0.15) is 5.78 Å². The molecule has 50 valence electrons. The molecule has 10 heavy (non-hydrogen) atoms. The first-order chi connectivity index (χ1) is 4.79. The van der Waals surface area contributed by atoms with E-state index in [9.17, 15) is 4.79 Å². The molecule has 0 aliphatic rings. The van der Waals surface area contributed by atoms with Crippen LogP contribution in [-0.4, -0.2) is 5.78 Å². The summed E-state index contributed by atoms with van der Waals surface area (Å²) < 4.78 is 0. The van der Waals surface area contributed by atoms with Gasteiger partial charge in [0.05, 0.1) is 0 Å². The zero-order chi connectivity index (χ0) is 7.40. The van der Waals surface area contributed by atoms with Crippen molar-refractivity contribution in [1.29, 1.82) is 0 Å². The Bertz CT molecular complexity index is 213. The average molecular weight is 132 g/mol. The van der Waals surface area contributed by atoms with E-state index in [4.69, 9.17) is 0 Å². The van der Waals surface area contributed by atoms with Gasteiger partial charge in [-0.1, -0.05) is 18.2 Å². The zero-order valence-electron chi connectivity index (χ0n) is 5.85. The Balaban J connectivity index is 2.67. The van der Waals surface area contributed by atoms with Gasteiger partial charge in [0.25, 0.3) is 0 Å². The highest BCUT2D eigenvalue weighted by molar-refractivity contribution is 5.77. The molecule has 0 heterocycles. The van der Waals surface area contributed by atoms with Crippen molar-refractivity contribution in [3.05, 3.63) is 35.9 Å². The van der Waals surface area contributed by atoms with E-state index in [1.165, 1.54) is 0 Å². The van der Waals surface area contributed by atoms with Crippen LogP contribution in [0.2, 0.25) is 0 Å². The molecule has 0 amide bonds. The van der Waals surface area contributed by atoms with Crippen LogP contribution < -0.4 is 0 Å². The van der Waals surface area contributed by atoms with Crippen molar-refractivity contribution in [3.8, 4) is 0 Å². The minimum Gasteiger partial charge on any atom is -0.300 e. The minimum atomic E-state index is 0.163. The van der Waals surface area contributed by atoms with Gasteiger partial charge in [-0.2, -0.15) is 0 Å². The van der Waals surface area contributed by atoms with E-state index in [0.717, 1.165) is 5.56 Å². The molecule has 1 nitrogen and oxygen atoms in total. The largest absolute Gasteiger partial charge is 0.300 e. The lowest BCUT2D eigenvalue weighted by atomic mass is 10.1. The molecule has 1 aromatic rings. The monoisotopic (exact) mass is 132 g/mol. The van der Waals surface area contributed by atoms with Crippen LogP contribution in [0.3, 0.4) is 0 Å². The van der Waals surface area contributed by atoms with Gasteiger partial charge in [-0.15, -0.1) is 0 Å². The lowest BCUT2D eigenvalue weighted by Gasteiger charge is -1.89. The topological polar surface area (TPSA) is 17.1 Å². The first-order valence-electron chi connectivity index (χ1n) is 3.16. The molecule has 1 heteroatoms. The maximum atomic E-state index is 10.6. The van der Waals surface area contributed by atoms with Crippen LogP contribution in [0.4, 0.5) is 0 Å². The van der Waals surface area contributed by atoms with E-state index in [2.05, 4.69) is 12.1 Å². The second kappa shape index (κ2) is 3.03. The Morgan fingerprint density at radius 3 is 3.00 bits per heavy atom. The van der Waals surface area contributed by atoms with E-state index in [1.54, 1.807) is 13.0 Å². The Kier molecular flexibility index (Phi) is 2.07. The Morgan fingerprint density at radius 2 is 2.50 bits per heavy atom. The van der Waals surface area contributed by atoms with Gasteiger partial charge in [0, 0.05) is 12.0 Å². The first kappa shape index (κ1) is 6.82. The molecule has 0 radical (unpaired) electrons. The van der Waals surface area contributed by atoms with Crippen LogP contribution in [0.1, 0.15) is 12.5 Å². The van der Waals surface area contributed by atoms with E-state index in [1.807, 2.05) is 12.1 Å². The average Bonchev–Trinajstić information content (AvgIpc) is 1.88. The van der Waals surface area contributed by atoms with Crippen LogP contribution in [0.15, 0.2) is 18.2 Å². The molecule has 0 saturated carbocycles. The number of carbonyl (C=O) groups is 1. The van der Waals surface area contributed by atoms with Crippen LogP contribution in [-0.2, 0) is 11.2 Å². The quantitative estimate of drug-likeness (QED) is 0.594. The fourth-order valence-corrected chi connectivity index (χ4v) is 0.760. The second-order valence-corrected chi connectivity index (χ2v) is 2.20. The minimum absolute atomic E-state index is 0.163. The van der Waals surface area contributed by atoms with Crippen LogP contribution >= 0.6 is 0 Å². The molecule has 0 spiro atoms. The van der Waals surface area contributed by atoms with Crippen molar-refractivity contribution in [2.45, 2.75) is 13.3 Å². The van der Waals surface area contributed by atoms with E-state index >= 15 is 0 Å². The summed E-state index contributed by atoms with van der Waals surface area (Å²) in [5.41, 5.74) is 0.912. The molecule has 0 bridgehead atoms. The highest BCUT2D eigenvalue weighted by Gasteiger charge is 1.93. The Hall–Kier alpha value is -1.29. The molecule has 0 aromatic heterocycles. The van der Waals surface area contributed by atoms with Gasteiger partial charge >= 0.3 is 0 Å². The van der Waals surface area contributed by atoms with Crippen LogP contribution in [0.5, 0.6) is 0 Å². The second-order valence-electron chi connectivity index (χ2n) is 2.20. The number of Topliss-reactive ketones (excluding diaryl/α,β-unsaturated/α-hetero) is 1. The molecule has 0 unspecified atom stereocenters. The third-order valence-electron chi connectivity index (χ3n) is 1.15. The summed E-state index contributed by atoms with van der Waals surface area (Å²) in [7, 11) is 0. The third-order valence-corrected chi connectivity index (χ3v) is 1.15. The maximum Gasteiger partial charge on any atom is 0.134 e. The summed E-state index contributed by atoms with van der Waals surface area (Å²) >= 11 is 0. The highest BCUT2D eigenvalue weighted by atomic mass is 16.1. The summed E-state index contributed by atoms with van der Waals surface area (Å²) in [6.45, 7) is 1.57. The SMILES string of the molecule is CC(=O)Cc1c#cccc1. The standard InChI is InChI=1S/C9H8O/c1-8(10)7-9-5-3-2-4-6-9/h2-3,5H,7H2,1H3. The first-order valence-corrected chi connectivity index (χ1v) is 3.16. The summed E-state index contributed by atoms with van der Waals surface area (Å²) in [6, 6.07) is 11.1. The Morgan fingerprint density at radius 1 is 1.70 bits per heavy atom. The number of carbonyl (C=O) groups excluding carboxylic acids is 1. The van der Waals surface area contributed by atoms with Gasteiger partial charge in [0.2, 0.25) is 0 Å². The molecule has 1 rings (SSSR count). The molecular weight excluding hydrogens is 124 g/mol. The van der Waals surface area contributed by atoms with Crippen molar-refractivity contribution in [2.24, 2.45) is 0 Å². The number of rotatable bonds is 2. The molecule has 0 saturated heterocycles. The predicted octanol–water partition coefficient (Wildman–Crippen LogP) is 1.42. The van der Waals surface area contributed by atoms with E-state index in [0.29, 0.717) is 6.42 Å². The maximum absolute atomic E-state index is 10.6. The van der Waals surface area contributed by atoms with Crippen LogP contribution in [0.25, 0.3) is 0 Å². The molecule has 0 atom stereocenters. The van der Waals surface area contributed by atoms with Crippen molar-refractivity contribution in [3.63, 3.8) is 0 Å². The Labute approximate surface area is 60.7 Å². The normalized spacial score (nSPS) is 8.50. The van der Waals surface area contributed by atoms with Gasteiger partial charge in [-0.25, -0.2) is 0 Å². The fourth-order valence-electron chi connectivity index (χ4n) is 0.760. The zero-order valence-corrected chi connectivity index (χ0v) is 5.85. The lowest BCUT2D eigenvalue weighted by molar-refractivity contribution is -0.116. The van der Waals surface area contributed by atoms with Crippen LogP contribution in [0, 0.1) is 12.1 Å². The van der Waals surface area contributed by atoms with E-state index < -0.39 is 0 Å². The number of hydrogen-bond acceptors (Lipinski definition) is 1. The van der Waals surface area contributed by atoms with Gasteiger partial charge in [0.15, 0.2) is 0 Å². The molecule has 0 aliphatic heterocycles. The smallest absolute Gasteiger partial charge is 0.134 e. The lowest BCUT2D eigenvalue weighted by Crippen LogP contribution is -1.94. The summed E-state index contributed by atoms with van der Waals surface area (Å²) in [4.78, 5) is 10.6. The van der Waals surface area contributed by atoms with Gasteiger partial charge in [-0.3, -0.25) is 4.79 Å². The number of hydrogen-bond donors (Lipinski definition) is 0. The predicted molar refractivity (Wildman–Crippen MR) is 38.5 cm³/mol.